The Morgan fingerprint density at radius 2 is 1.55 bits per heavy atom. The Balaban J connectivity index is 2.24. The van der Waals surface area contributed by atoms with Crippen LogP contribution >= 0.6 is 0 Å². The molecule has 0 aromatic heterocycles. The number of hydrogen-bond acceptors (Lipinski definition) is 3. The molecule has 0 saturated heterocycles. The van der Waals surface area contributed by atoms with Crippen molar-refractivity contribution in [2.45, 2.75) is 23.8 Å². The van der Waals surface area contributed by atoms with Crippen LogP contribution < -0.4 is 4.72 Å². The molecule has 6 heteroatoms. The first-order valence-electron chi connectivity index (χ1n) is 6.83. The Kier molecular flexibility index (Phi) is 5.30. The quantitative estimate of drug-likeness (QED) is 0.821. The molecule has 0 fully saturated rings. The van der Waals surface area contributed by atoms with E-state index in [1.165, 1.54) is 12.1 Å². The van der Waals surface area contributed by atoms with Crippen molar-refractivity contribution in [3.63, 3.8) is 0 Å². The van der Waals surface area contributed by atoms with Crippen LogP contribution in [-0.2, 0) is 14.8 Å². The summed E-state index contributed by atoms with van der Waals surface area (Å²) >= 11 is 0. The lowest BCUT2D eigenvalue weighted by atomic mass is 10.0. The van der Waals surface area contributed by atoms with E-state index in [-0.39, 0.29) is 17.7 Å². The number of carboxylic acid groups (broad SMARTS) is 1. The third-order valence-corrected chi connectivity index (χ3v) is 4.69. The summed E-state index contributed by atoms with van der Waals surface area (Å²) in [6.45, 7) is 0. The summed E-state index contributed by atoms with van der Waals surface area (Å²) in [6, 6.07) is 16.4. The van der Waals surface area contributed by atoms with Gasteiger partial charge in [-0.2, -0.15) is 0 Å². The zero-order chi connectivity index (χ0) is 16.0. The van der Waals surface area contributed by atoms with E-state index in [1.54, 1.807) is 42.5 Å². The van der Waals surface area contributed by atoms with Gasteiger partial charge in [-0.05, 0) is 24.1 Å². The first kappa shape index (κ1) is 16.2. The fraction of sp³-hybridized carbons (Fsp3) is 0.188. The molecular formula is C16H17NO4S. The molecule has 1 atom stereocenters. The summed E-state index contributed by atoms with van der Waals surface area (Å²) in [4.78, 5) is 11.0. The van der Waals surface area contributed by atoms with Crippen LogP contribution in [0.2, 0.25) is 0 Å². The largest absolute Gasteiger partial charge is 0.481 e. The van der Waals surface area contributed by atoms with Crippen molar-refractivity contribution in [2.24, 2.45) is 0 Å². The predicted molar refractivity (Wildman–Crippen MR) is 82.8 cm³/mol. The summed E-state index contributed by atoms with van der Waals surface area (Å²) in [7, 11) is -3.70. The zero-order valence-electron chi connectivity index (χ0n) is 11.8. The van der Waals surface area contributed by atoms with E-state index in [0.717, 1.165) is 5.56 Å². The molecule has 1 unspecified atom stereocenters. The lowest BCUT2D eigenvalue weighted by Crippen LogP contribution is -2.29. The van der Waals surface area contributed by atoms with Gasteiger partial charge >= 0.3 is 5.97 Å². The molecule has 2 aromatic carbocycles. The molecular weight excluding hydrogens is 302 g/mol. The Labute approximate surface area is 129 Å². The number of aliphatic carboxylic acids is 1. The molecule has 5 nitrogen and oxygen atoms in total. The van der Waals surface area contributed by atoms with Crippen LogP contribution in [0.25, 0.3) is 0 Å². The molecule has 0 aliphatic rings. The van der Waals surface area contributed by atoms with Gasteiger partial charge in [0.15, 0.2) is 0 Å². The second-order valence-corrected chi connectivity index (χ2v) is 6.54. The average molecular weight is 319 g/mol. The third-order valence-electron chi connectivity index (χ3n) is 3.20. The van der Waals surface area contributed by atoms with E-state index in [4.69, 9.17) is 5.11 Å². The Morgan fingerprint density at radius 3 is 2.09 bits per heavy atom. The molecule has 0 aliphatic carbocycles. The molecule has 2 aromatic rings. The van der Waals surface area contributed by atoms with Crippen molar-refractivity contribution in [3.8, 4) is 0 Å². The number of sulfonamides is 1. The minimum atomic E-state index is -3.70. The minimum absolute atomic E-state index is 0.114. The van der Waals surface area contributed by atoms with E-state index < -0.39 is 22.0 Å². The predicted octanol–water partition coefficient (Wildman–Crippen LogP) is 2.57. The van der Waals surface area contributed by atoms with Crippen molar-refractivity contribution in [3.05, 3.63) is 66.2 Å². The maximum absolute atomic E-state index is 12.4. The summed E-state index contributed by atoms with van der Waals surface area (Å²) in [5, 5.41) is 8.85. The number of nitrogens with one attached hydrogen (secondary N) is 1. The first-order valence-corrected chi connectivity index (χ1v) is 8.31. The monoisotopic (exact) mass is 319 g/mol. The second kappa shape index (κ2) is 7.20. The van der Waals surface area contributed by atoms with Gasteiger partial charge in [0.05, 0.1) is 4.90 Å². The second-order valence-electron chi connectivity index (χ2n) is 4.83. The van der Waals surface area contributed by atoms with Crippen molar-refractivity contribution in [1.82, 2.24) is 4.72 Å². The summed E-state index contributed by atoms with van der Waals surface area (Å²) in [6.07, 6.45) is 0.0717. The Hall–Kier alpha value is -2.18. The lowest BCUT2D eigenvalue weighted by molar-refractivity contribution is -0.137. The molecule has 0 saturated carbocycles. The van der Waals surface area contributed by atoms with Crippen LogP contribution in [0.5, 0.6) is 0 Å². The highest BCUT2D eigenvalue weighted by molar-refractivity contribution is 7.89. The van der Waals surface area contributed by atoms with Gasteiger partial charge in [-0.1, -0.05) is 48.5 Å². The molecule has 116 valence electrons. The number of rotatable bonds is 7. The summed E-state index contributed by atoms with van der Waals surface area (Å²) in [5.41, 5.74) is 0.739. The lowest BCUT2D eigenvalue weighted by Gasteiger charge is -2.18. The van der Waals surface area contributed by atoms with E-state index in [9.17, 15) is 13.2 Å². The molecule has 0 amide bonds. The minimum Gasteiger partial charge on any atom is -0.481 e. The van der Waals surface area contributed by atoms with E-state index in [1.807, 2.05) is 6.07 Å². The smallest absolute Gasteiger partial charge is 0.303 e. The van der Waals surface area contributed by atoms with Gasteiger partial charge in [0.25, 0.3) is 0 Å². The van der Waals surface area contributed by atoms with Gasteiger partial charge in [-0.15, -0.1) is 0 Å². The fourth-order valence-corrected chi connectivity index (χ4v) is 3.38. The molecule has 0 heterocycles. The summed E-state index contributed by atoms with van der Waals surface area (Å²) < 4.78 is 27.4. The van der Waals surface area contributed by atoms with Gasteiger partial charge in [-0.25, -0.2) is 13.1 Å². The molecule has 22 heavy (non-hydrogen) atoms. The standard InChI is InChI=1S/C16H17NO4S/c18-16(19)12-11-15(13-7-3-1-4-8-13)17-22(20,21)14-9-5-2-6-10-14/h1-10,15,17H,11-12H2,(H,18,19). The number of carbonyl (C=O) groups is 1. The van der Waals surface area contributed by atoms with E-state index >= 15 is 0 Å². The van der Waals surface area contributed by atoms with E-state index in [2.05, 4.69) is 4.72 Å². The molecule has 0 spiro atoms. The van der Waals surface area contributed by atoms with Gasteiger partial charge in [0.1, 0.15) is 0 Å². The normalized spacial score (nSPS) is 12.7. The first-order chi connectivity index (χ1) is 10.5. The van der Waals surface area contributed by atoms with Gasteiger partial charge in [-0.3, -0.25) is 4.79 Å². The van der Waals surface area contributed by atoms with Gasteiger partial charge in [0.2, 0.25) is 10.0 Å². The van der Waals surface area contributed by atoms with Crippen LogP contribution in [0.3, 0.4) is 0 Å². The molecule has 2 N–H and O–H groups in total. The highest BCUT2D eigenvalue weighted by atomic mass is 32.2. The maximum atomic E-state index is 12.4. The Morgan fingerprint density at radius 1 is 1.00 bits per heavy atom. The SMILES string of the molecule is O=C(O)CCC(NS(=O)(=O)c1ccccc1)c1ccccc1. The number of benzene rings is 2. The zero-order valence-corrected chi connectivity index (χ0v) is 12.7. The molecule has 0 aliphatic heterocycles. The average Bonchev–Trinajstić information content (AvgIpc) is 2.53. The van der Waals surface area contributed by atoms with Crippen LogP contribution in [0.4, 0.5) is 0 Å². The van der Waals surface area contributed by atoms with Crippen LogP contribution in [0.1, 0.15) is 24.4 Å². The van der Waals surface area contributed by atoms with Crippen LogP contribution in [-0.4, -0.2) is 19.5 Å². The van der Waals surface area contributed by atoms with Crippen molar-refractivity contribution >= 4 is 16.0 Å². The van der Waals surface area contributed by atoms with Gasteiger partial charge < -0.3 is 5.11 Å². The van der Waals surface area contributed by atoms with Crippen molar-refractivity contribution in [2.75, 3.05) is 0 Å². The molecule has 0 radical (unpaired) electrons. The number of hydrogen-bond donors (Lipinski definition) is 2. The third kappa shape index (κ3) is 4.41. The van der Waals surface area contributed by atoms with E-state index in [0.29, 0.717) is 0 Å². The topological polar surface area (TPSA) is 83.5 Å². The Bertz CT molecular complexity index is 714. The maximum Gasteiger partial charge on any atom is 0.303 e. The fourth-order valence-electron chi connectivity index (χ4n) is 2.10. The van der Waals surface area contributed by atoms with Crippen LogP contribution in [0.15, 0.2) is 65.6 Å². The van der Waals surface area contributed by atoms with Crippen molar-refractivity contribution in [1.29, 1.82) is 0 Å². The van der Waals surface area contributed by atoms with Gasteiger partial charge in [0, 0.05) is 12.5 Å². The highest BCUT2D eigenvalue weighted by Crippen LogP contribution is 2.21. The van der Waals surface area contributed by atoms with Crippen LogP contribution in [0, 0.1) is 0 Å². The number of carboxylic acids is 1. The summed E-state index contributed by atoms with van der Waals surface area (Å²) in [5.74, 6) is -0.958. The van der Waals surface area contributed by atoms with Crippen molar-refractivity contribution < 1.29 is 18.3 Å². The molecule has 0 bridgehead atoms. The molecule has 2 rings (SSSR count). The highest BCUT2D eigenvalue weighted by Gasteiger charge is 2.21.